The van der Waals surface area contributed by atoms with Crippen molar-refractivity contribution in [3.8, 4) is 0 Å². The highest BCUT2D eigenvalue weighted by Gasteiger charge is 2.05. The molecular formula is C13H14N2S. The molecule has 0 aliphatic heterocycles. The van der Waals surface area contributed by atoms with E-state index in [9.17, 15) is 0 Å². The molecule has 2 nitrogen and oxygen atoms in total. The van der Waals surface area contributed by atoms with E-state index in [1.807, 2.05) is 32.0 Å². The second-order valence-corrected chi connectivity index (χ2v) is 4.80. The van der Waals surface area contributed by atoms with Gasteiger partial charge in [0.2, 0.25) is 0 Å². The Morgan fingerprint density at radius 3 is 2.81 bits per heavy atom. The summed E-state index contributed by atoms with van der Waals surface area (Å²) in [4.78, 5) is 8.90. The van der Waals surface area contributed by atoms with Gasteiger partial charge in [0.1, 0.15) is 10.9 Å². The van der Waals surface area contributed by atoms with E-state index in [2.05, 4.69) is 22.6 Å². The Labute approximate surface area is 99.8 Å². The molecule has 1 aromatic heterocycles. The van der Waals surface area contributed by atoms with Gasteiger partial charge in [-0.2, -0.15) is 0 Å². The first-order valence-electron chi connectivity index (χ1n) is 5.17. The number of hydrogen-bond donors (Lipinski definition) is 0. The molecule has 1 heterocycles. The van der Waals surface area contributed by atoms with Crippen LogP contribution in [-0.4, -0.2) is 15.7 Å². The van der Waals surface area contributed by atoms with Crippen molar-refractivity contribution in [3.63, 3.8) is 0 Å². The zero-order valence-electron chi connectivity index (χ0n) is 9.53. The maximum Gasteiger partial charge on any atom is 0.127 e. The third kappa shape index (κ3) is 2.42. The molecule has 0 N–H and O–H groups in total. The fourth-order valence-electron chi connectivity index (χ4n) is 1.46. The molecule has 0 saturated carbocycles. The number of nitrogens with zero attached hydrogens (tertiary/aromatic N) is 2. The number of aryl methyl sites for hydroxylation is 1. The van der Waals surface area contributed by atoms with E-state index < -0.39 is 0 Å². The van der Waals surface area contributed by atoms with Gasteiger partial charge in [-0.3, -0.25) is 0 Å². The lowest BCUT2D eigenvalue weighted by atomic mass is 10.2. The van der Waals surface area contributed by atoms with Gasteiger partial charge in [0.15, 0.2) is 0 Å². The van der Waals surface area contributed by atoms with Crippen LogP contribution in [0.4, 0.5) is 0 Å². The van der Waals surface area contributed by atoms with Crippen LogP contribution in [0.25, 0.3) is 10.9 Å². The lowest BCUT2D eigenvalue weighted by molar-refractivity contribution is 1.01. The molecule has 2 aromatic rings. The van der Waals surface area contributed by atoms with Gasteiger partial charge in [-0.25, -0.2) is 9.97 Å². The van der Waals surface area contributed by atoms with Crippen LogP contribution >= 0.6 is 11.8 Å². The molecule has 0 saturated heterocycles. The monoisotopic (exact) mass is 230 g/mol. The molecule has 16 heavy (non-hydrogen) atoms. The molecule has 0 unspecified atom stereocenters. The molecule has 0 amide bonds. The molecule has 0 aliphatic rings. The molecule has 0 aliphatic carbocycles. The van der Waals surface area contributed by atoms with E-state index in [1.54, 1.807) is 11.8 Å². The first-order chi connectivity index (χ1) is 7.66. The minimum atomic E-state index is 0.822. The van der Waals surface area contributed by atoms with Crippen molar-refractivity contribution in [3.05, 3.63) is 42.2 Å². The number of benzene rings is 1. The molecular weight excluding hydrogens is 216 g/mol. The van der Waals surface area contributed by atoms with Gasteiger partial charge in [0.05, 0.1) is 5.52 Å². The van der Waals surface area contributed by atoms with E-state index in [-0.39, 0.29) is 0 Å². The minimum Gasteiger partial charge on any atom is -0.233 e. The van der Waals surface area contributed by atoms with E-state index >= 15 is 0 Å². The summed E-state index contributed by atoms with van der Waals surface area (Å²) >= 11 is 1.72. The van der Waals surface area contributed by atoms with Crippen molar-refractivity contribution < 1.29 is 0 Å². The Hall–Kier alpha value is -1.35. The first kappa shape index (κ1) is 11.1. The highest BCUT2D eigenvalue weighted by molar-refractivity contribution is 7.99. The van der Waals surface area contributed by atoms with Gasteiger partial charge < -0.3 is 0 Å². The summed E-state index contributed by atoms with van der Waals surface area (Å²) < 4.78 is 0. The van der Waals surface area contributed by atoms with Crippen molar-refractivity contribution in [2.24, 2.45) is 0 Å². The predicted octanol–water partition coefficient (Wildman–Crippen LogP) is 3.61. The molecule has 82 valence electrons. The van der Waals surface area contributed by atoms with E-state index in [0.717, 1.165) is 33.1 Å². The van der Waals surface area contributed by atoms with Gasteiger partial charge in [-0.1, -0.05) is 30.4 Å². The van der Waals surface area contributed by atoms with E-state index in [0.29, 0.717) is 0 Å². The number of rotatable bonds is 3. The molecule has 0 bridgehead atoms. The first-order valence-corrected chi connectivity index (χ1v) is 6.16. The smallest absolute Gasteiger partial charge is 0.127 e. The number of hydrogen-bond acceptors (Lipinski definition) is 3. The summed E-state index contributed by atoms with van der Waals surface area (Å²) in [7, 11) is 0. The number of para-hydroxylation sites is 1. The molecule has 3 heteroatoms. The molecule has 1 aromatic carbocycles. The fourth-order valence-corrected chi connectivity index (χ4v) is 2.37. The Morgan fingerprint density at radius 2 is 2.06 bits per heavy atom. The van der Waals surface area contributed by atoms with Gasteiger partial charge in [-0.15, -0.1) is 11.8 Å². The molecule has 0 radical (unpaired) electrons. The van der Waals surface area contributed by atoms with Crippen LogP contribution in [-0.2, 0) is 0 Å². The summed E-state index contributed by atoms with van der Waals surface area (Å²) in [6, 6.07) is 8.11. The Balaban J connectivity index is 2.46. The second-order valence-electron chi connectivity index (χ2n) is 3.84. The Morgan fingerprint density at radius 1 is 1.31 bits per heavy atom. The number of aromatic nitrogens is 2. The lowest BCUT2D eigenvalue weighted by Gasteiger charge is -2.05. The molecule has 0 spiro atoms. The highest BCUT2D eigenvalue weighted by Crippen LogP contribution is 2.26. The largest absolute Gasteiger partial charge is 0.233 e. The van der Waals surface area contributed by atoms with Crippen LogP contribution in [0.3, 0.4) is 0 Å². The van der Waals surface area contributed by atoms with Crippen molar-refractivity contribution in [1.82, 2.24) is 9.97 Å². The third-order valence-corrected chi connectivity index (χ3v) is 3.36. The topological polar surface area (TPSA) is 25.8 Å². The average molecular weight is 230 g/mol. The normalized spacial score (nSPS) is 10.6. The zero-order valence-corrected chi connectivity index (χ0v) is 10.3. The van der Waals surface area contributed by atoms with Gasteiger partial charge >= 0.3 is 0 Å². The van der Waals surface area contributed by atoms with Crippen LogP contribution in [0.2, 0.25) is 0 Å². The maximum atomic E-state index is 4.48. The van der Waals surface area contributed by atoms with E-state index in [1.165, 1.54) is 0 Å². The standard InChI is InChI=1S/C13H14N2S/c1-9(2)8-16-13-11-6-4-5-7-12(11)14-10(3)15-13/h4-7H,1,8H2,2-3H3. The summed E-state index contributed by atoms with van der Waals surface area (Å²) in [6.45, 7) is 7.87. The quantitative estimate of drug-likeness (QED) is 0.457. The number of fused-ring (bicyclic) bond motifs is 1. The fraction of sp³-hybridized carbons (Fsp3) is 0.231. The van der Waals surface area contributed by atoms with Gasteiger partial charge in [0.25, 0.3) is 0 Å². The van der Waals surface area contributed by atoms with Crippen LogP contribution < -0.4 is 0 Å². The SMILES string of the molecule is C=C(C)CSc1nc(C)nc2ccccc12. The van der Waals surface area contributed by atoms with Crippen LogP contribution in [0.15, 0.2) is 41.4 Å². The summed E-state index contributed by atoms with van der Waals surface area (Å²) in [5.41, 5.74) is 2.17. The van der Waals surface area contributed by atoms with Crippen molar-refractivity contribution >= 4 is 22.7 Å². The Kier molecular flexibility index (Phi) is 3.25. The van der Waals surface area contributed by atoms with Gasteiger partial charge in [0, 0.05) is 11.1 Å². The second kappa shape index (κ2) is 4.66. The average Bonchev–Trinajstić information content (AvgIpc) is 2.25. The van der Waals surface area contributed by atoms with Crippen LogP contribution in [0, 0.1) is 6.92 Å². The van der Waals surface area contributed by atoms with Crippen LogP contribution in [0.5, 0.6) is 0 Å². The maximum absolute atomic E-state index is 4.48. The van der Waals surface area contributed by atoms with Crippen molar-refractivity contribution in [1.29, 1.82) is 0 Å². The number of thioether (sulfide) groups is 1. The van der Waals surface area contributed by atoms with Crippen molar-refractivity contribution in [2.45, 2.75) is 18.9 Å². The molecule has 2 rings (SSSR count). The minimum absolute atomic E-state index is 0.822. The van der Waals surface area contributed by atoms with Crippen LogP contribution in [0.1, 0.15) is 12.7 Å². The van der Waals surface area contributed by atoms with E-state index in [4.69, 9.17) is 0 Å². The summed E-state index contributed by atoms with van der Waals surface area (Å²) in [5, 5.41) is 2.17. The predicted molar refractivity (Wildman–Crippen MR) is 69.8 cm³/mol. The summed E-state index contributed by atoms with van der Waals surface area (Å²) in [6.07, 6.45) is 0. The molecule has 0 fully saturated rings. The van der Waals surface area contributed by atoms with Gasteiger partial charge in [-0.05, 0) is 19.9 Å². The highest BCUT2D eigenvalue weighted by atomic mass is 32.2. The van der Waals surface area contributed by atoms with Crippen molar-refractivity contribution in [2.75, 3.05) is 5.75 Å². The summed E-state index contributed by atoms with van der Waals surface area (Å²) in [5.74, 6) is 1.73. The Bertz CT molecular complexity index is 534. The third-order valence-electron chi connectivity index (χ3n) is 2.14. The molecule has 0 atom stereocenters. The zero-order chi connectivity index (χ0) is 11.5. The lowest BCUT2D eigenvalue weighted by Crippen LogP contribution is -1.93.